The van der Waals surface area contributed by atoms with Crippen LogP contribution in [0.2, 0.25) is 0 Å². The Morgan fingerprint density at radius 2 is 2.12 bits per heavy atom. The summed E-state index contributed by atoms with van der Waals surface area (Å²) in [7, 11) is 0. The molecule has 3 N–H and O–H groups in total. The molecule has 0 radical (unpaired) electrons. The van der Waals surface area contributed by atoms with Crippen molar-refractivity contribution in [3.63, 3.8) is 0 Å². The molecule has 0 bridgehead atoms. The summed E-state index contributed by atoms with van der Waals surface area (Å²) in [5.41, 5.74) is 8.09. The number of ether oxygens (including phenoxy) is 2. The molecular weight excluding hydrogens is 338 g/mol. The fourth-order valence-electron chi connectivity index (χ4n) is 2.69. The van der Waals surface area contributed by atoms with Gasteiger partial charge in [-0.2, -0.15) is 0 Å². The maximum Gasteiger partial charge on any atom is 0.257 e. The van der Waals surface area contributed by atoms with Crippen LogP contribution in [-0.2, 0) is 0 Å². The van der Waals surface area contributed by atoms with Crippen molar-refractivity contribution in [2.75, 3.05) is 6.79 Å². The second kappa shape index (κ2) is 6.10. The van der Waals surface area contributed by atoms with Crippen LogP contribution in [-0.4, -0.2) is 16.8 Å². The number of aromatic nitrogens is 2. The molecule has 0 atom stereocenters. The number of allylic oxidation sites excluding steroid dienone is 3. The molecule has 1 aliphatic rings. The molecule has 126 valence electrons. The van der Waals surface area contributed by atoms with Gasteiger partial charge in [0, 0.05) is 28.6 Å². The van der Waals surface area contributed by atoms with Gasteiger partial charge >= 0.3 is 0 Å². The van der Waals surface area contributed by atoms with Gasteiger partial charge in [-0.1, -0.05) is 12.2 Å². The third-order valence-electron chi connectivity index (χ3n) is 3.89. The van der Waals surface area contributed by atoms with E-state index in [1.54, 1.807) is 6.07 Å². The summed E-state index contributed by atoms with van der Waals surface area (Å²) in [6.45, 7) is 2.10. The van der Waals surface area contributed by atoms with E-state index < -0.39 is 0 Å². The zero-order chi connectivity index (χ0) is 17.4. The minimum Gasteiger partial charge on any atom is -0.454 e. The van der Waals surface area contributed by atoms with Gasteiger partial charge in [-0.3, -0.25) is 4.79 Å². The highest BCUT2D eigenvalue weighted by Gasteiger charge is 2.17. The van der Waals surface area contributed by atoms with Crippen LogP contribution in [0.3, 0.4) is 0 Å². The maximum atomic E-state index is 12.5. The molecule has 0 amide bonds. The Morgan fingerprint density at radius 3 is 2.88 bits per heavy atom. The Balaban J connectivity index is 1.82. The highest BCUT2D eigenvalue weighted by atomic mass is 32.1. The average Bonchev–Trinajstić information content (AvgIpc) is 3.26. The first-order valence-corrected chi connectivity index (χ1v) is 8.55. The molecule has 1 aromatic carbocycles. The number of nitrogens with two attached hydrogens (primary N) is 1. The van der Waals surface area contributed by atoms with Crippen molar-refractivity contribution < 1.29 is 9.47 Å². The molecule has 25 heavy (non-hydrogen) atoms. The molecular formula is C18H15N3O3S. The van der Waals surface area contributed by atoms with E-state index in [1.807, 2.05) is 36.6 Å². The van der Waals surface area contributed by atoms with Crippen molar-refractivity contribution in [1.82, 2.24) is 9.97 Å². The monoisotopic (exact) mass is 353 g/mol. The smallest absolute Gasteiger partial charge is 0.257 e. The van der Waals surface area contributed by atoms with Crippen LogP contribution in [0, 0.1) is 0 Å². The summed E-state index contributed by atoms with van der Waals surface area (Å²) >= 11 is 1.44. The first-order chi connectivity index (χ1) is 12.2. The molecule has 0 saturated heterocycles. The molecule has 0 unspecified atom stereocenters. The van der Waals surface area contributed by atoms with E-state index in [9.17, 15) is 4.79 Å². The Labute approximate surface area is 147 Å². The molecule has 0 spiro atoms. The fraction of sp³-hybridized carbons (Fsp3) is 0.111. The van der Waals surface area contributed by atoms with E-state index in [2.05, 4.69) is 9.97 Å². The molecule has 0 saturated carbocycles. The van der Waals surface area contributed by atoms with E-state index in [1.165, 1.54) is 17.5 Å². The van der Waals surface area contributed by atoms with E-state index in [-0.39, 0.29) is 12.4 Å². The number of aromatic amines is 1. The number of hydrogen-bond donors (Lipinski definition) is 2. The molecule has 2 aromatic heterocycles. The zero-order valence-electron chi connectivity index (χ0n) is 13.4. The lowest BCUT2D eigenvalue weighted by Crippen LogP contribution is -2.08. The lowest BCUT2D eigenvalue weighted by Gasteiger charge is -2.03. The number of hydrogen-bond acceptors (Lipinski definition) is 6. The number of benzene rings is 1. The zero-order valence-corrected chi connectivity index (χ0v) is 14.2. The summed E-state index contributed by atoms with van der Waals surface area (Å²) < 4.78 is 10.7. The number of rotatable bonds is 3. The Kier molecular flexibility index (Phi) is 3.77. The third kappa shape index (κ3) is 2.68. The first kappa shape index (κ1) is 15.5. The predicted molar refractivity (Wildman–Crippen MR) is 98.8 cm³/mol. The number of nitrogens with one attached hydrogen (secondary N) is 1. The highest BCUT2D eigenvalue weighted by molar-refractivity contribution is 7.11. The minimum atomic E-state index is -0.201. The lowest BCUT2D eigenvalue weighted by atomic mass is 10.1. The van der Waals surface area contributed by atoms with Crippen molar-refractivity contribution in [1.29, 1.82) is 0 Å². The van der Waals surface area contributed by atoms with Gasteiger partial charge in [0.25, 0.3) is 5.56 Å². The molecule has 1 aliphatic heterocycles. The van der Waals surface area contributed by atoms with E-state index >= 15 is 0 Å². The fourth-order valence-corrected chi connectivity index (χ4v) is 3.52. The van der Waals surface area contributed by atoms with Crippen molar-refractivity contribution in [2.45, 2.75) is 6.92 Å². The van der Waals surface area contributed by atoms with Gasteiger partial charge in [-0.05, 0) is 19.1 Å². The molecule has 7 heteroatoms. The molecule has 4 rings (SSSR count). The second-order valence-corrected chi connectivity index (χ2v) is 6.32. The van der Waals surface area contributed by atoms with E-state index in [4.69, 9.17) is 15.2 Å². The van der Waals surface area contributed by atoms with Gasteiger partial charge in [0.1, 0.15) is 5.01 Å². The molecule has 3 heterocycles. The van der Waals surface area contributed by atoms with Gasteiger partial charge in [0.2, 0.25) is 6.79 Å². The normalized spacial score (nSPS) is 13.9. The maximum absolute atomic E-state index is 12.5. The van der Waals surface area contributed by atoms with Gasteiger partial charge in [0.05, 0.1) is 16.8 Å². The average molecular weight is 353 g/mol. The van der Waals surface area contributed by atoms with Crippen molar-refractivity contribution >= 4 is 27.8 Å². The molecule has 0 fully saturated rings. The minimum absolute atomic E-state index is 0.192. The van der Waals surface area contributed by atoms with Crippen LogP contribution in [0.15, 0.2) is 46.7 Å². The summed E-state index contributed by atoms with van der Waals surface area (Å²) in [6.07, 6.45) is 5.28. The van der Waals surface area contributed by atoms with Crippen LogP contribution < -0.4 is 20.8 Å². The number of fused-ring (bicyclic) bond motifs is 2. The summed E-state index contributed by atoms with van der Waals surface area (Å²) in [5, 5.41) is 3.48. The number of thiazole rings is 1. The van der Waals surface area contributed by atoms with Crippen LogP contribution >= 0.6 is 11.3 Å². The largest absolute Gasteiger partial charge is 0.454 e. The molecule has 3 aromatic rings. The lowest BCUT2D eigenvalue weighted by molar-refractivity contribution is 0.174. The van der Waals surface area contributed by atoms with E-state index in [0.717, 1.165) is 16.0 Å². The van der Waals surface area contributed by atoms with Crippen LogP contribution in [0.1, 0.15) is 11.9 Å². The van der Waals surface area contributed by atoms with Gasteiger partial charge in [0.15, 0.2) is 11.5 Å². The van der Waals surface area contributed by atoms with Crippen LogP contribution in [0.25, 0.3) is 27.7 Å². The Hall–Kier alpha value is -3.06. The molecule has 6 nitrogen and oxygen atoms in total. The quantitative estimate of drug-likeness (QED) is 0.706. The first-order valence-electron chi connectivity index (χ1n) is 7.67. The van der Waals surface area contributed by atoms with Gasteiger partial charge < -0.3 is 20.2 Å². The van der Waals surface area contributed by atoms with Gasteiger partial charge in [-0.15, -0.1) is 11.3 Å². The number of nitrogens with zero attached hydrogens (tertiary/aromatic N) is 1. The van der Waals surface area contributed by atoms with E-state index in [0.29, 0.717) is 28.3 Å². The second-order valence-electron chi connectivity index (χ2n) is 5.46. The van der Waals surface area contributed by atoms with Gasteiger partial charge in [-0.25, -0.2) is 4.98 Å². The topological polar surface area (TPSA) is 90.2 Å². The third-order valence-corrected chi connectivity index (χ3v) is 4.78. The summed E-state index contributed by atoms with van der Waals surface area (Å²) in [6, 6.07) is 5.45. The highest BCUT2D eigenvalue weighted by Crippen LogP contribution is 2.36. The summed E-state index contributed by atoms with van der Waals surface area (Å²) in [5.74, 6) is 1.31. The van der Waals surface area contributed by atoms with Crippen molar-refractivity contribution in [3.8, 4) is 22.8 Å². The Morgan fingerprint density at radius 1 is 1.32 bits per heavy atom. The summed E-state index contributed by atoms with van der Waals surface area (Å²) in [4.78, 5) is 19.9. The standard InChI is InChI=1S/C18H15N3O3S/c1-2-3-10(7-19)18-21-14(8-25-18)12-4-11-5-15-16(24-9-23-15)6-13(11)20-17(12)22/h2-8H,9,19H2,1H3,(H,20,22)/b3-2-,10-7+. The van der Waals surface area contributed by atoms with Crippen molar-refractivity contribution in [2.24, 2.45) is 5.73 Å². The van der Waals surface area contributed by atoms with Crippen LogP contribution in [0.4, 0.5) is 0 Å². The van der Waals surface area contributed by atoms with Crippen molar-refractivity contribution in [3.05, 3.63) is 57.3 Å². The SMILES string of the molecule is C/C=C\C(=C/N)c1nc(-c2cc3cc4c(cc3[nH]c2=O)OCO4)cs1. The Bertz CT molecular complexity index is 1080. The van der Waals surface area contributed by atoms with Crippen LogP contribution in [0.5, 0.6) is 11.5 Å². The number of H-pyrrole nitrogens is 1. The molecule has 0 aliphatic carbocycles. The predicted octanol–water partition coefficient (Wildman–Crippen LogP) is 3.26. The number of pyridine rings is 1.